The van der Waals surface area contributed by atoms with E-state index in [1.54, 1.807) is 30.3 Å². The highest BCUT2D eigenvalue weighted by atomic mass is 79.9. The van der Waals surface area contributed by atoms with Crippen molar-refractivity contribution in [3.63, 3.8) is 0 Å². The van der Waals surface area contributed by atoms with Gasteiger partial charge in [-0.05, 0) is 34.1 Å². The highest BCUT2D eigenvalue weighted by molar-refractivity contribution is 9.11. The number of nitro groups is 1. The molecule has 0 aliphatic carbocycles. The maximum Gasteiger partial charge on any atom is 0.294 e. The van der Waals surface area contributed by atoms with Crippen LogP contribution in [0, 0.1) is 10.1 Å². The van der Waals surface area contributed by atoms with E-state index in [0.717, 1.165) is 4.47 Å². The van der Waals surface area contributed by atoms with Gasteiger partial charge < -0.3 is 5.11 Å². The Balaban J connectivity index is 2.42. The molecule has 7 heteroatoms. The first kappa shape index (κ1) is 14.7. The van der Waals surface area contributed by atoms with Crippen LogP contribution >= 0.6 is 31.9 Å². The smallest absolute Gasteiger partial charge is 0.294 e. The zero-order chi connectivity index (χ0) is 14.7. The second-order valence-electron chi connectivity index (χ2n) is 3.83. The Labute approximate surface area is 131 Å². The van der Waals surface area contributed by atoms with Gasteiger partial charge in [0.25, 0.3) is 5.69 Å². The van der Waals surface area contributed by atoms with E-state index >= 15 is 0 Å². The largest absolute Gasteiger partial charge is 0.506 e. The van der Waals surface area contributed by atoms with E-state index in [0.29, 0.717) is 10.0 Å². The molecule has 0 atom stereocenters. The molecule has 0 aliphatic heterocycles. The first-order chi connectivity index (χ1) is 9.49. The Morgan fingerprint density at radius 2 is 1.95 bits per heavy atom. The Kier molecular flexibility index (Phi) is 4.51. The summed E-state index contributed by atoms with van der Waals surface area (Å²) >= 11 is 6.51. The summed E-state index contributed by atoms with van der Waals surface area (Å²) in [5.74, 6) is 0.0236. The normalized spacial score (nSPS) is 10.9. The predicted molar refractivity (Wildman–Crippen MR) is 83.9 cm³/mol. The van der Waals surface area contributed by atoms with Crippen LogP contribution in [0.15, 0.2) is 50.3 Å². The van der Waals surface area contributed by atoms with Crippen molar-refractivity contribution < 1.29 is 10.0 Å². The van der Waals surface area contributed by atoms with Gasteiger partial charge in [0.05, 0.1) is 9.40 Å². The summed E-state index contributed by atoms with van der Waals surface area (Å²) in [4.78, 5) is 14.5. The van der Waals surface area contributed by atoms with Gasteiger partial charge in [-0.2, -0.15) is 0 Å². The average Bonchev–Trinajstić information content (AvgIpc) is 2.41. The third kappa shape index (κ3) is 3.23. The minimum Gasteiger partial charge on any atom is -0.506 e. The van der Waals surface area contributed by atoms with Crippen molar-refractivity contribution in [2.45, 2.75) is 0 Å². The quantitative estimate of drug-likeness (QED) is 0.466. The van der Waals surface area contributed by atoms with Crippen LogP contribution < -0.4 is 0 Å². The van der Waals surface area contributed by atoms with E-state index in [9.17, 15) is 15.2 Å². The molecular weight excluding hydrogens is 392 g/mol. The zero-order valence-corrected chi connectivity index (χ0v) is 13.1. The molecule has 2 aromatic rings. The number of aromatic hydroxyl groups is 1. The molecule has 0 radical (unpaired) electrons. The lowest BCUT2D eigenvalue weighted by molar-refractivity contribution is -0.384. The molecule has 5 nitrogen and oxygen atoms in total. The molecule has 0 saturated heterocycles. The number of para-hydroxylation sites is 2. The number of hydrogen-bond acceptors (Lipinski definition) is 4. The lowest BCUT2D eigenvalue weighted by Crippen LogP contribution is -1.89. The number of halogens is 2. The molecule has 2 rings (SSSR count). The molecule has 20 heavy (non-hydrogen) atoms. The molecule has 0 saturated carbocycles. The summed E-state index contributed by atoms with van der Waals surface area (Å²) in [6.45, 7) is 0. The molecule has 0 fully saturated rings. The summed E-state index contributed by atoms with van der Waals surface area (Å²) in [6, 6.07) is 9.51. The van der Waals surface area contributed by atoms with Gasteiger partial charge in [0, 0.05) is 22.3 Å². The molecule has 0 aliphatic rings. The molecule has 0 heterocycles. The first-order valence-corrected chi connectivity index (χ1v) is 7.03. The molecular formula is C13H8Br2N2O3. The molecule has 0 aromatic heterocycles. The van der Waals surface area contributed by atoms with Crippen molar-refractivity contribution in [1.82, 2.24) is 0 Å². The van der Waals surface area contributed by atoms with Crippen molar-refractivity contribution in [3.8, 4) is 5.75 Å². The van der Waals surface area contributed by atoms with Crippen LogP contribution in [0.3, 0.4) is 0 Å². The van der Waals surface area contributed by atoms with E-state index in [1.165, 1.54) is 12.3 Å². The SMILES string of the molecule is O=[N+]([O-])c1ccccc1N=Cc1cc(Br)cc(Br)c1O. The van der Waals surface area contributed by atoms with Crippen LogP contribution in [-0.4, -0.2) is 16.2 Å². The lowest BCUT2D eigenvalue weighted by Gasteiger charge is -2.03. The molecule has 2 aromatic carbocycles. The maximum atomic E-state index is 10.9. The Bertz CT molecular complexity index is 702. The fourth-order valence-electron chi connectivity index (χ4n) is 1.55. The lowest BCUT2D eigenvalue weighted by atomic mass is 10.2. The van der Waals surface area contributed by atoms with Crippen molar-refractivity contribution >= 4 is 49.4 Å². The zero-order valence-electron chi connectivity index (χ0n) is 9.96. The highest BCUT2D eigenvalue weighted by Gasteiger charge is 2.11. The number of phenolic OH excluding ortho intramolecular Hbond substituents is 1. The number of hydrogen-bond donors (Lipinski definition) is 1. The second-order valence-corrected chi connectivity index (χ2v) is 5.60. The minimum absolute atomic E-state index is 0.0236. The van der Waals surface area contributed by atoms with Crippen molar-refractivity contribution in [1.29, 1.82) is 0 Å². The number of nitro benzene ring substituents is 1. The van der Waals surface area contributed by atoms with Crippen LogP contribution in [-0.2, 0) is 0 Å². The third-order valence-corrected chi connectivity index (χ3v) is 3.54. The number of aliphatic imine (C=N–C) groups is 1. The molecule has 0 amide bonds. The summed E-state index contributed by atoms with van der Waals surface area (Å²) in [5.41, 5.74) is 0.592. The van der Waals surface area contributed by atoms with E-state index in [-0.39, 0.29) is 17.1 Å². The van der Waals surface area contributed by atoms with Gasteiger partial charge in [-0.3, -0.25) is 10.1 Å². The first-order valence-electron chi connectivity index (χ1n) is 5.44. The summed E-state index contributed by atoms with van der Waals surface area (Å²) in [6.07, 6.45) is 1.38. The summed E-state index contributed by atoms with van der Waals surface area (Å²) < 4.78 is 1.27. The standard InChI is InChI=1S/C13H8Br2N2O3/c14-9-5-8(13(18)10(15)6-9)7-16-11-3-1-2-4-12(11)17(19)20/h1-7,18H. The van der Waals surface area contributed by atoms with Gasteiger partial charge >= 0.3 is 0 Å². The van der Waals surface area contributed by atoms with Crippen LogP contribution in [0.25, 0.3) is 0 Å². The molecule has 0 bridgehead atoms. The number of nitrogens with zero attached hydrogens (tertiary/aromatic N) is 2. The summed E-state index contributed by atoms with van der Waals surface area (Å²) in [5, 5.41) is 20.8. The highest BCUT2D eigenvalue weighted by Crippen LogP contribution is 2.32. The van der Waals surface area contributed by atoms with Gasteiger partial charge in [-0.25, -0.2) is 4.99 Å². The van der Waals surface area contributed by atoms with Crippen molar-refractivity contribution in [3.05, 3.63) is 61.0 Å². The van der Waals surface area contributed by atoms with Crippen molar-refractivity contribution in [2.24, 2.45) is 4.99 Å². The van der Waals surface area contributed by atoms with Gasteiger partial charge in [0.15, 0.2) is 0 Å². The number of phenols is 1. The van der Waals surface area contributed by atoms with E-state index in [4.69, 9.17) is 0 Å². The monoisotopic (exact) mass is 398 g/mol. The second kappa shape index (κ2) is 6.15. The Morgan fingerprint density at radius 1 is 1.25 bits per heavy atom. The third-order valence-electron chi connectivity index (χ3n) is 2.48. The number of benzene rings is 2. The van der Waals surface area contributed by atoms with Crippen molar-refractivity contribution in [2.75, 3.05) is 0 Å². The van der Waals surface area contributed by atoms with E-state index in [2.05, 4.69) is 36.9 Å². The van der Waals surface area contributed by atoms with Gasteiger partial charge in [0.2, 0.25) is 0 Å². The fourth-order valence-corrected chi connectivity index (χ4v) is 2.81. The molecule has 0 spiro atoms. The maximum absolute atomic E-state index is 10.9. The molecule has 102 valence electrons. The fraction of sp³-hybridized carbons (Fsp3) is 0. The van der Waals surface area contributed by atoms with Gasteiger partial charge in [-0.15, -0.1) is 0 Å². The minimum atomic E-state index is -0.497. The van der Waals surface area contributed by atoms with Crippen LogP contribution in [0.4, 0.5) is 11.4 Å². The topological polar surface area (TPSA) is 75.7 Å². The van der Waals surface area contributed by atoms with Crippen LogP contribution in [0.1, 0.15) is 5.56 Å². The van der Waals surface area contributed by atoms with Gasteiger partial charge in [-0.1, -0.05) is 28.1 Å². The van der Waals surface area contributed by atoms with Crippen LogP contribution in [0.5, 0.6) is 5.75 Å². The molecule has 1 N–H and O–H groups in total. The Morgan fingerprint density at radius 3 is 2.65 bits per heavy atom. The Hall–Kier alpha value is -1.73. The predicted octanol–water partition coefficient (Wildman–Crippen LogP) is 4.58. The average molecular weight is 400 g/mol. The number of rotatable bonds is 3. The summed E-state index contributed by atoms with van der Waals surface area (Å²) in [7, 11) is 0. The van der Waals surface area contributed by atoms with Gasteiger partial charge in [0.1, 0.15) is 11.4 Å². The van der Waals surface area contributed by atoms with E-state index in [1.807, 2.05) is 0 Å². The van der Waals surface area contributed by atoms with E-state index < -0.39 is 4.92 Å². The molecule has 0 unspecified atom stereocenters. The van der Waals surface area contributed by atoms with Crippen LogP contribution in [0.2, 0.25) is 0 Å².